The first-order chi connectivity index (χ1) is 15.3. The van der Waals surface area contributed by atoms with Crippen LogP contribution in [0.5, 0.6) is 0 Å². The number of rotatable bonds is 8. The van der Waals surface area contributed by atoms with Gasteiger partial charge in [-0.15, -0.1) is 0 Å². The Hall–Kier alpha value is -1.91. The molecule has 0 bridgehead atoms. The van der Waals surface area contributed by atoms with Crippen molar-refractivity contribution >= 4 is 5.91 Å². The van der Waals surface area contributed by atoms with Crippen LogP contribution in [0.1, 0.15) is 55.5 Å². The molecule has 1 aromatic rings. The topological polar surface area (TPSA) is 62.2 Å². The quantitative estimate of drug-likeness (QED) is 0.628. The summed E-state index contributed by atoms with van der Waals surface area (Å²) in [5, 5.41) is 9.88. The van der Waals surface area contributed by atoms with Gasteiger partial charge in [0.25, 0.3) is 5.91 Å². The van der Waals surface area contributed by atoms with E-state index >= 15 is 0 Å². The average molecular weight is 443 g/mol. The molecule has 6 heteroatoms. The van der Waals surface area contributed by atoms with Crippen molar-refractivity contribution in [3.05, 3.63) is 35.4 Å². The number of nitrogens with zero attached hydrogens (tertiary/aromatic N) is 2. The van der Waals surface area contributed by atoms with E-state index < -0.39 is 5.60 Å². The summed E-state index contributed by atoms with van der Waals surface area (Å²) in [4.78, 5) is 17.9. The van der Waals surface area contributed by atoms with Crippen LogP contribution in [0.4, 0.5) is 0 Å². The minimum absolute atomic E-state index is 0.0363. The molecule has 0 radical (unpaired) electrons. The molecule has 3 rings (SSSR count). The molecule has 1 N–H and O–H groups in total. The molecule has 2 aliphatic heterocycles. The van der Waals surface area contributed by atoms with Crippen molar-refractivity contribution in [1.29, 1.82) is 0 Å². The molecule has 1 amide bonds. The molecule has 2 heterocycles. The predicted molar refractivity (Wildman–Crippen MR) is 126 cm³/mol. The Morgan fingerprint density at radius 3 is 2.72 bits per heavy atom. The standard InChI is InChI=1S/C26H38N2O4/c1-26(2,30)12-9-21-6-4-7-23(18-21)25(29)28(20-24-8-5-16-32-24)19-22-10-13-27(14-11-22)15-17-31-3/h4,6-7,18,22,24,30H,5,8,10-11,13-17,19-20H2,1-3H3. The highest BCUT2D eigenvalue weighted by Gasteiger charge is 2.28. The molecular formula is C26H38N2O4. The van der Waals surface area contributed by atoms with E-state index in [0.29, 0.717) is 18.0 Å². The summed E-state index contributed by atoms with van der Waals surface area (Å²) >= 11 is 0. The van der Waals surface area contributed by atoms with E-state index in [-0.39, 0.29) is 12.0 Å². The Kier molecular flexibility index (Phi) is 9.12. The predicted octanol–water partition coefficient (Wildman–Crippen LogP) is 2.79. The molecule has 2 saturated heterocycles. The van der Waals surface area contributed by atoms with Gasteiger partial charge in [-0.1, -0.05) is 17.9 Å². The minimum Gasteiger partial charge on any atom is -0.383 e. The zero-order valence-electron chi connectivity index (χ0n) is 19.8. The maximum Gasteiger partial charge on any atom is 0.253 e. The summed E-state index contributed by atoms with van der Waals surface area (Å²) in [6.07, 6.45) is 4.38. The maximum absolute atomic E-state index is 13.5. The number of piperidine rings is 1. The second-order valence-electron chi connectivity index (χ2n) is 9.51. The lowest BCUT2D eigenvalue weighted by Gasteiger charge is -2.35. The second kappa shape index (κ2) is 11.8. The summed E-state index contributed by atoms with van der Waals surface area (Å²) in [6.45, 7) is 9.33. The van der Waals surface area contributed by atoms with E-state index in [9.17, 15) is 9.90 Å². The molecule has 0 aliphatic carbocycles. The molecule has 1 unspecified atom stereocenters. The lowest BCUT2D eigenvalue weighted by molar-refractivity contribution is 0.0437. The van der Waals surface area contributed by atoms with Gasteiger partial charge < -0.3 is 24.4 Å². The number of amides is 1. The van der Waals surface area contributed by atoms with Crippen molar-refractivity contribution in [3.8, 4) is 11.8 Å². The number of hydrogen-bond acceptors (Lipinski definition) is 5. The monoisotopic (exact) mass is 442 g/mol. The van der Waals surface area contributed by atoms with Crippen LogP contribution in [0.3, 0.4) is 0 Å². The number of methoxy groups -OCH3 is 1. The van der Waals surface area contributed by atoms with Crippen molar-refractivity contribution in [2.24, 2.45) is 5.92 Å². The van der Waals surface area contributed by atoms with Gasteiger partial charge in [0.2, 0.25) is 0 Å². The highest BCUT2D eigenvalue weighted by Crippen LogP contribution is 2.22. The van der Waals surface area contributed by atoms with Gasteiger partial charge in [-0.25, -0.2) is 0 Å². The van der Waals surface area contributed by atoms with Crippen molar-refractivity contribution in [3.63, 3.8) is 0 Å². The Labute approximate surface area is 192 Å². The maximum atomic E-state index is 13.5. The first-order valence-electron chi connectivity index (χ1n) is 11.8. The Morgan fingerprint density at radius 1 is 1.28 bits per heavy atom. The molecule has 6 nitrogen and oxygen atoms in total. The van der Waals surface area contributed by atoms with E-state index in [1.54, 1.807) is 21.0 Å². The molecule has 0 spiro atoms. The van der Waals surface area contributed by atoms with Crippen molar-refractivity contribution in [2.75, 3.05) is 53.0 Å². The van der Waals surface area contributed by atoms with Gasteiger partial charge in [0.05, 0.1) is 12.7 Å². The smallest absolute Gasteiger partial charge is 0.253 e. The van der Waals surface area contributed by atoms with Gasteiger partial charge in [0, 0.05) is 44.5 Å². The molecule has 0 aromatic heterocycles. The Balaban J connectivity index is 1.68. The Bertz CT molecular complexity index is 794. The van der Waals surface area contributed by atoms with Gasteiger partial charge in [0.15, 0.2) is 0 Å². The van der Waals surface area contributed by atoms with Crippen molar-refractivity contribution in [2.45, 2.75) is 51.2 Å². The molecule has 0 saturated carbocycles. The third-order valence-electron chi connectivity index (χ3n) is 6.15. The highest BCUT2D eigenvalue weighted by atomic mass is 16.5. The van der Waals surface area contributed by atoms with E-state index in [0.717, 1.165) is 70.6 Å². The second-order valence-corrected chi connectivity index (χ2v) is 9.51. The fraction of sp³-hybridized carbons (Fsp3) is 0.654. The van der Waals surface area contributed by atoms with E-state index in [4.69, 9.17) is 9.47 Å². The average Bonchev–Trinajstić information content (AvgIpc) is 3.29. The fourth-order valence-corrected chi connectivity index (χ4v) is 4.34. The summed E-state index contributed by atoms with van der Waals surface area (Å²) in [6, 6.07) is 7.42. The number of carbonyl (C=O) groups is 1. The zero-order chi connectivity index (χ0) is 23.0. The molecule has 32 heavy (non-hydrogen) atoms. The largest absolute Gasteiger partial charge is 0.383 e. The number of hydrogen-bond donors (Lipinski definition) is 1. The third-order valence-corrected chi connectivity index (χ3v) is 6.15. The Morgan fingerprint density at radius 2 is 2.06 bits per heavy atom. The molecule has 2 fully saturated rings. The molecule has 1 aromatic carbocycles. The number of likely N-dealkylation sites (tertiary alicyclic amines) is 1. The molecular weight excluding hydrogens is 404 g/mol. The SMILES string of the molecule is COCCN1CCC(CN(CC2CCCO2)C(=O)c2cccc(C#CC(C)(C)O)c2)CC1. The first-order valence-corrected chi connectivity index (χ1v) is 11.8. The fourth-order valence-electron chi connectivity index (χ4n) is 4.34. The lowest BCUT2D eigenvalue weighted by atomic mass is 9.95. The van der Waals surface area contributed by atoms with E-state index in [1.165, 1.54) is 0 Å². The first kappa shape index (κ1) is 24.7. The van der Waals surface area contributed by atoms with Crippen LogP contribution in [0, 0.1) is 17.8 Å². The van der Waals surface area contributed by atoms with Crippen LogP contribution in [-0.4, -0.2) is 85.6 Å². The van der Waals surface area contributed by atoms with Gasteiger partial charge in [-0.3, -0.25) is 4.79 Å². The van der Waals surface area contributed by atoms with Crippen molar-refractivity contribution in [1.82, 2.24) is 9.80 Å². The number of carbonyl (C=O) groups excluding carboxylic acids is 1. The lowest BCUT2D eigenvalue weighted by Crippen LogP contribution is -2.44. The summed E-state index contributed by atoms with van der Waals surface area (Å²) < 4.78 is 11.1. The van der Waals surface area contributed by atoms with Crippen LogP contribution in [0.25, 0.3) is 0 Å². The third kappa shape index (κ3) is 7.90. The van der Waals surface area contributed by atoms with Gasteiger partial charge in [0.1, 0.15) is 5.60 Å². The van der Waals surface area contributed by atoms with Crippen LogP contribution >= 0.6 is 0 Å². The van der Waals surface area contributed by atoms with Crippen LogP contribution in [0.15, 0.2) is 24.3 Å². The van der Waals surface area contributed by atoms with Crippen LogP contribution in [0.2, 0.25) is 0 Å². The molecule has 2 aliphatic rings. The summed E-state index contributed by atoms with van der Waals surface area (Å²) in [5.41, 5.74) is 0.314. The van der Waals surface area contributed by atoms with Gasteiger partial charge >= 0.3 is 0 Å². The van der Waals surface area contributed by atoms with Gasteiger partial charge in [-0.2, -0.15) is 0 Å². The van der Waals surface area contributed by atoms with Crippen LogP contribution < -0.4 is 0 Å². The summed E-state index contributed by atoms with van der Waals surface area (Å²) in [7, 11) is 1.74. The number of aliphatic hydroxyl groups is 1. The number of benzene rings is 1. The van der Waals surface area contributed by atoms with E-state index in [2.05, 4.69) is 16.7 Å². The zero-order valence-corrected chi connectivity index (χ0v) is 19.8. The highest BCUT2D eigenvalue weighted by molar-refractivity contribution is 5.94. The minimum atomic E-state index is -1.07. The summed E-state index contributed by atoms with van der Waals surface area (Å²) in [5.74, 6) is 6.34. The van der Waals surface area contributed by atoms with E-state index in [1.807, 2.05) is 29.2 Å². The van der Waals surface area contributed by atoms with Crippen LogP contribution in [-0.2, 0) is 9.47 Å². The molecule has 1 atom stereocenters. The van der Waals surface area contributed by atoms with Crippen molar-refractivity contribution < 1.29 is 19.4 Å². The van der Waals surface area contributed by atoms with Gasteiger partial charge in [-0.05, 0) is 76.7 Å². The normalized spacial score (nSPS) is 20.1. The molecule has 176 valence electrons. The number of ether oxygens (including phenoxy) is 2.